The van der Waals surface area contributed by atoms with Gasteiger partial charge in [-0.05, 0) is 34.9 Å². The first-order valence-electron chi connectivity index (χ1n) is 9.92. The fraction of sp³-hybridized carbons (Fsp3) is 0.160. The van der Waals surface area contributed by atoms with Crippen molar-refractivity contribution in [3.05, 3.63) is 108 Å². The molecule has 0 fully saturated rings. The molecule has 1 heterocycles. The highest BCUT2D eigenvalue weighted by atomic mass is 19.1. The van der Waals surface area contributed by atoms with E-state index in [1.807, 2.05) is 66.9 Å². The van der Waals surface area contributed by atoms with Crippen molar-refractivity contribution in [2.45, 2.75) is 18.4 Å². The Bertz CT molecular complexity index is 1130. The van der Waals surface area contributed by atoms with Crippen molar-refractivity contribution in [1.82, 2.24) is 10.3 Å². The summed E-state index contributed by atoms with van der Waals surface area (Å²) in [4.78, 5) is 16.1. The maximum atomic E-state index is 13.6. The lowest BCUT2D eigenvalue weighted by Gasteiger charge is -2.21. The van der Waals surface area contributed by atoms with Crippen LogP contribution in [0, 0.1) is 5.82 Å². The van der Waals surface area contributed by atoms with Crippen LogP contribution >= 0.6 is 0 Å². The third kappa shape index (κ3) is 4.26. The molecule has 0 aliphatic carbocycles. The molecule has 5 heteroatoms. The highest BCUT2D eigenvalue weighted by molar-refractivity contribution is 5.86. The summed E-state index contributed by atoms with van der Waals surface area (Å²) in [6.45, 7) is -0.182. The zero-order chi connectivity index (χ0) is 20.9. The number of hydrogen-bond acceptors (Lipinski definition) is 2. The van der Waals surface area contributed by atoms with Crippen molar-refractivity contribution in [3.63, 3.8) is 0 Å². The van der Waals surface area contributed by atoms with Gasteiger partial charge in [-0.25, -0.2) is 4.39 Å². The second-order valence-corrected chi connectivity index (χ2v) is 7.31. The number of aromatic amines is 1. The summed E-state index contributed by atoms with van der Waals surface area (Å²) >= 11 is 0. The Hall–Kier alpha value is -3.44. The van der Waals surface area contributed by atoms with Crippen LogP contribution in [0.2, 0.25) is 0 Å². The number of aromatic nitrogens is 1. The van der Waals surface area contributed by atoms with E-state index >= 15 is 0 Å². The quantitative estimate of drug-likeness (QED) is 0.420. The number of aliphatic hydroxyl groups excluding tert-OH is 1. The van der Waals surface area contributed by atoms with Gasteiger partial charge in [-0.1, -0.05) is 60.7 Å². The van der Waals surface area contributed by atoms with Crippen LogP contribution in [0.4, 0.5) is 4.39 Å². The highest BCUT2D eigenvalue weighted by Crippen LogP contribution is 2.33. The van der Waals surface area contributed by atoms with E-state index < -0.39 is 6.04 Å². The van der Waals surface area contributed by atoms with Gasteiger partial charge in [-0.3, -0.25) is 4.79 Å². The third-order valence-electron chi connectivity index (χ3n) is 5.36. The Morgan fingerprint density at radius 2 is 1.63 bits per heavy atom. The second-order valence-electron chi connectivity index (χ2n) is 7.31. The van der Waals surface area contributed by atoms with E-state index in [0.29, 0.717) is 5.52 Å². The van der Waals surface area contributed by atoms with Gasteiger partial charge in [0.05, 0.1) is 12.6 Å². The fourth-order valence-electron chi connectivity index (χ4n) is 3.86. The number of carbonyl (C=O) groups excluding carboxylic acids is 1. The zero-order valence-electron chi connectivity index (χ0n) is 16.4. The van der Waals surface area contributed by atoms with Gasteiger partial charge >= 0.3 is 0 Å². The van der Waals surface area contributed by atoms with Crippen LogP contribution in [0.3, 0.4) is 0 Å². The largest absolute Gasteiger partial charge is 0.394 e. The molecule has 4 nitrogen and oxygen atoms in total. The molecule has 3 aromatic carbocycles. The lowest BCUT2D eigenvalue weighted by Crippen LogP contribution is -2.31. The number of benzene rings is 3. The van der Waals surface area contributed by atoms with Gasteiger partial charge in [-0.15, -0.1) is 0 Å². The van der Waals surface area contributed by atoms with E-state index in [9.17, 15) is 14.3 Å². The maximum Gasteiger partial charge on any atom is 0.221 e. The van der Waals surface area contributed by atoms with Gasteiger partial charge in [-0.2, -0.15) is 0 Å². The third-order valence-corrected chi connectivity index (χ3v) is 5.36. The first-order chi connectivity index (χ1) is 14.7. The molecule has 152 valence electrons. The Labute approximate surface area is 174 Å². The lowest BCUT2D eigenvalue weighted by atomic mass is 9.88. The van der Waals surface area contributed by atoms with E-state index in [-0.39, 0.29) is 30.7 Å². The van der Waals surface area contributed by atoms with E-state index in [2.05, 4.69) is 10.3 Å². The summed E-state index contributed by atoms with van der Waals surface area (Å²) in [6.07, 6.45) is 2.05. The summed E-state index contributed by atoms with van der Waals surface area (Å²) in [5.74, 6) is -0.678. The standard InChI is InChI=1S/C25H23FN2O2/c26-19-11-12-20-22(15-27-23(20)13-19)21(17-7-3-1-4-8-17)14-25(30)28-24(16-29)18-9-5-2-6-10-18/h1-13,15,21,24,27,29H,14,16H2,(H,28,30)/t21-,24?/m1/s1. The molecule has 30 heavy (non-hydrogen) atoms. The summed E-state index contributed by atoms with van der Waals surface area (Å²) in [5, 5.41) is 13.6. The molecule has 1 amide bonds. The Morgan fingerprint density at radius 1 is 0.967 bits per heavy atom. The molecule has 3 N–H and O–H groups in total. The zero-order valence-corrected chi connectivity index (χ0v) is 16.4. The first-order valence-corrected chi connectivity index (χ1v) is 9.92. The van der Waals surface area contributed by atoms with Gasteiger partial charge in [0.15, 0.2) is 0 Å². The van der Waals surface area contributed by atoms with E-state index in [1.165, 1.54) is 12.1 Å². The molecule has 0 saturated heterocycles. The van der Waals surface area contributed by atoms with Crippen LogP contribution < -0.4 is 5.32 Å². The molecule has 0 spiro atoms. The van der Waals surface area contributed by atoms with Gasteiger partial charge in [0.2, 0.25) is 5.91 Å². The van der Waals surface area contributed by atoms with Crippen LogP contribution in [0.1, 0.15) is 35.1 Å². The Kier molecular flexibility index (Phi) is 5.91. The molecule has 0 radical (unpaired) electrons. The number of hydrogen-bond donors (Lipinski definition) is 3. The van der Waals surface area contributed by atoms with Crippen molar-refractivity contribution in [1.29, 1.82) is 0 Å². The average molecular weight is 402 g/mol. The summed E-state index contributed by atoms with van der Waals surface area (Å²) in [5.41, 5.74) is 3.49. The second kappa shape index (κ2) is 8.93. The van der Waals surface area contributed by atoms with Crippen molar-refractivity contribution < 1.29 is 14.3 Å². The molecule has 1 aromatic heterocycles. The molecule has 0 bridgehead atoms. The van der Waals surface area contributed by atoms with Crippen molar-refractivity contribution in [2.75, 3.05) is 6.61 Å². The van der Waals surface area contributed by atoms with Crippen LogP contribution in [0.15, 0.2) is 85.1 Å². The van der Waals surface area contributed by atoms with Gasteiger partial charge in [0.25, 0.3) is 0 Å². The van der Waals surface area contributed by atoms with Crippen LogP contribution in [-0.4, -0.2) is 22.6 Å². The molecule has 0 aliphatic heterocycles. The Balaban J connectivity index is 1.63. The monoisotopic (exact) mass is 402 g/mol. The molecule has 0 aliphatic rings. The van der Waals surface area contributed by atoms with E-state index in [4.69, 9.17) is 0 Å². The molecule has 1 unspecified atom stereocenters. The number of H-pyrrole nitrogens is 1. The number of nitrogens with one attached hydrogen (secondary N) is 2. The number of aliphatic hydroxyl groups is 1. The van der Waals surface area contributed by atoms with Crippen LogP contribution in [-0.2, 0) is 4.79 Å². The number of rotatable bonds is 7. The van der Waals surface area contributed by atoms with E-state index in [1.54, 1.807) is 6.07 Å². The minimum Gasteiger partial charge on any atom is -0.394 e. The minimum atomic E-state index is -0.466. The summed E-state index contributed by atoms with van der Waals surface area (Å²) in [6, 6.07) is 23.4. The van der Waals surface area contributed by atoms with Gasteiger partial charge in [0.1, 0.15) is 5.82 Å². The predicted molar refractivity (Wildman–Crippen MR) is 116 cm³/mol. The molecule has 4 aromatic rings. The first kappa shape index (κ1) is 19.9. The van der Waals surface area contributed by atoms with E-state index in [0.717, 1.165) is 22.1 Å². The summed E-state index contributed by atoms with van der Waals surface area (Å²) in [7, 11) is 0. The maximum absolute atomic E-state index is 13.6. The lowest BCUT2D eigenvalue weighted by molar-refractivity contribution is -0.122. The number of fused-ring (bicyclic) bond motifs is 1. The molecule has 4 rings (SSSR count). The highest BCUT2D eigenvalue weighted by Gasteiger charge is 2.23. The van der Waals surface area contributed by atoms with Gasteiger partial charge in [0, 0.05) is 29.4 Å². The summed E-state index contributed by atoms with van der Waals surface area (Å²) < 4.78 is 13.6. The molecule has 0 saturated carbocycles. The molecular formula is C25H23FN2O2. The molecular weight excluding hydrogens is 379 g/mol. The topological polar surface area (TPSA) is 65.1 Å². The number of carbonyl (C=O) groups is 1. The average Bonchev–Trinajstić information content (AvgIpc) is 3.19. The fourth-order valence-corrected chi connectivity index (χ4v) is 3.86. The molecule has 2 atom stereocenters. The smallest absolute Gasteiger partial charge is 0.221 e. The van der Waals surface area contributed by atoms with Crippen LogP contribution in [0.5, 0.6) is 0 Å². The van der Waals surface area contributed by atoms with Gasteiger partial charge < -0.3 is 15.4 Å². The Morgan fingerprint density at radius 3 is 2.30 bits per heavy atom. The SMILES string of the molecule is O=C(C[C@H](c1ccccc1)c1c[nH]c2cc(F)ccc12)NC(CO)c1ccccc1. The van der Waals surface area contributed by atoms with Crippen molar-refractivity contribution in [3.8, 4) is 0 Å². The normalized spacial score (nSPS) is 13.1. The predicted octanol–water partition coefficient (Wildman–Crippen LogP) is 4.68. The van der Waals surface area contributed by atoms with Crippen LogP contribution in [0.25, 0.3) is 10.9 Å². The van der Waals surface area contributed by atoms with Crippen molar-refractivity contribution >= 4 is 16.8 Å². The number of amides is 1. The van der Waals surface area contributed by atoms with Crippen molar-refractivity contribution in [2.24, 2.45) is 0 Å². The number of halogens is 1. The minimum absolute atomic E-state index is 0.164.